The van der Waals surface area contributed by atoms with E-state index in [9.17, 15) is 20.2 Å². The number of hydrogen-bond acceptors (Lipinski definition) is 6. The van der Waals surface area contributed by atoms with Crippen molar-refractivity contribution in [2.24, 2.45) is 0 Å². The summed E-state index contributed by atoms with van der Waals surface area (Å²) in [6.07, 6.45) is 1.11. The summed E-state index contributed by atoms with van der Waals surface area (Å²) in [7, 11) is 0. The highest BCUT2D eigenvalue weighted by Crippen LogP contribution is 2.27. The van der Waals surface area contributed by atoms with Crippen LogP contribution in [0.4, 0.5) is 11.4 Å². The minimum Gasteiger partial charge on any atom is -0.258 e. The van der Waals surface area contributed by atoms with Crippen molar-refractivity contribution in [3.8, 4) is 0 Å². The third-order valence-electron chi connectivity index (χ3n) is 5.75. The SMILES string of the molecule is O=[N+]([O-])c1ccc(Cc2ccc(Cc3ccc([N+](=O)[O-])cc3)c3nc4ccccc4nc23)cc1. The first-order valence-electron chi connectivity index (χ1n) is 10.6. The number of benzene rings is 4. The molecule has 166 valence electrons. The molecule has 34 heavy (non-hydrogen) atoms. The summed E-state index contributed by atoms with van der Waals surface area (Å²) < 4.78 is 0. The predicted molar refractivity (Wildman–Crippen MR) is 129 cm³/mol. The predicted octanol–water partition coefficient (Wildman–Crippen LogP) is 5.78. The van der Waals surface area contributed by atoms with Gasteiger partial charge in [-0.25, -0.2) is 9.97 Å². The number of para-hydroxylation sites is 2. The van der Waals surface area contributed by atoms with Crippen molar-refractivity contribution in [3.63, 3.8) is 0 Å². The van der Waals surface area contributed by atoms with Crippen LogP contribution in [0.1, 0.15) is 22.3 Å². The monoisotopic (exact) mass is 450 g/mol. The molecule has 0 unspecified atom stereocenters. The lowest BCUT2D eigenvalue weighted by molar-refractivity contribution is -0.385. The van der Waals surface area contributed by atoms with Gasteiger partial charge in [-0.05, 0) is 47.2 Å². The molecule has 5 rings (SSSR count). The Morgan fingerprint density at radius 2 is 0.941 bits per heavy atom. The first kappa shape index (κ1) is 21.1. The number of aromatic nitrogens is 2. The molecule has 1 aromatic heterocycles. The van der Waals surface area contributed by atoms with Crippen LogP contribution in [-0.2, 0) is 12.8 Å². The summed E-state index contributed by atoms with van der Waals surface area (Å²) >= 11 is 0. The van der Waals surface area contributed by atoms with Gasteiger partial charge in [0.25, 0.3) is 11.4 Å². The molecule has 0 N–H and O–H groups in total. The van der Waals surface area contributed by atoms with E-state index in [0.717, 1.165) is 44.3 Å². The van der Waals surface area contributed by atoms with Gasteiger partial charge in [0.1, 0.15) is 0 Å². The first-order valence-corrected chi connectivity index (χ1v) is 10.6. The van der Waals surface area contributed by atoms with Crippen LogP contribution in [0.2, 0.25) is 0 Å². The Kier molecular flexibility index (Phi) is 5.39. The van der Waals surface area contributed by atoms with E-state index in [-0.39, 0.29) is 11.4 Å². The highest BCUT2D eigenvalue weighted by Gasteiger charge is 2.14. The van der Waals surface area contributed by atoms with Gasteiger partial charge in [0.05, 0.1) is 31.9 Å². The summed E-state index contributed by atoms with van der Waals surface area (Å²) in [5.74, 6) is 0. The van der Waals surface area contributed by atoms with Gasteiger partial charge >= 0.3 is 0 Å². The van der Waals surface area contributed by atoms with Gasteiger partial charge in [-0.2, -0.15) is 0 Å². The largest absolute Gasteiger partial charge is 0.269 e. The number of nitro benzene ring substituents is 2. The summed E-state index contributed by atoms with van der Waals surface area (Å²) in [6, 6.07) is 24.7. The molecule has 0 fully saturated rings. The molecule has 0 amide bonds. The van der Waals surface area contributed by atoms with Crippen molar-refractivity contribution in [1.82, 2.24) is 9.97 Å². The van der Waals surface area contributed by atoms with Gasteiger partial charge in [0.2, 0.25) is 0 Å². The zero-order chi connectivity index (χ0) is 23.7. The minimum absolute atomic E-state index is 0.0536. The molecular weight excluding hydrogens is 432 g/mol. The van der Waals surface area contributed by atoms with Crippen molar-refractivity contribution in [2.45, 2.75) is 12.8 Å². The topological polar surface area (TPSA) is 112 Å². The second-order valence-electron chi connectivity index (χ2n) is 7.99. The van der Waals surface area contributed by atoms with Crippen molar-refractivity contribution in [2.75, 3.05) is 0 Å². The maximum Gasteiger partial charge on any atom is 0.269 e. The molecule has 0 spiro atoms. The maximum absolute atomic E-state index is 11.0. The number of nitro groups is 2. The molecule has 0 bridgehead atoms. The molecule has 0 saturated heterocycles. The van der Waals surface area contributed by atoms with E-state index in [0.29, 0.717) is 12.8 Å². The van der Waals surface area contributed by atoms with Gasteiger partial charge in [-0.3, -0.25) is 20.2 Å². The Morgan fingerprint density at radius 1 is 0.559 bits per heavy atom. The number of non-ortho nitro benzene ring substituents is 2. The second-order valence-corrected chi connectivity index (χ2v) is 7.99. The summed E-state index contributed by atoms with van der Waals surface area (Å²) in [4.78, 5) is 30.9. The quantitative estimate of drug-likeness (QED) is 0.184. The summed E-state index contributed by atoms with van der Waals surface area (Å²) in [6.45, 7) is 0. The smallest absolute Gasteiger partial charge is 0.258 e. The van der Waals surface area contributed by atoms with E-state index < -0.39 is 9.85 Å². The average Bonchev–Trinajstić information content (AvgIpc) is 2.85. The van der Waals surface area contributed by atoms with Crippen molar-refractivity contribution >= 4 is 33.4 Å². The lowest BCUT2D eigenvalue weighted by atomic mass is 9.97. The van der Waals surface area contributed by atoms with Crippen molar-refractivity contribution in [1.29, 1.82) is 0 Å². The molecule has 8 heteroatoms. The van der Waals surface area contributed by atoms with Crippen LogP contribution >= 0.6 is 0 Å². The maximum atomic E-state index is 11.0. The highest BCUT2D eigenvalue weighted by molar-refractivity contribution is 5.90. The Balaban J connectivity index is 1.58. The lowest BCUT2D eigenvalue weighted by Crippen LogP contribution is -2.00. The van der Waals surface area contributed by atoms with E-state index >= 15 is 0 Å². The number of nitrogens with zero attached hydrogens (tertiary/aromatic N) is 4. The summed E-state index contributed by atoms with van der Waals surface area (Å²) in [5.41, 5.74) is 7.03. The number of fused-ring (bicyclic) bond motifs is 2. The van der Waals surface area contributed by atoms with Gasteiger partial charge < -0.3 is 0 Å². The van der Waals surface area contributed by atoms with Crippen LogP contribution in [0, 0.1) is 20.2 Å². The highest BCUT2D eigenvalue weighted by atomic mass is 16.6. The molecule has 0 saturated carbocycles. The molecule has 5 aromatic rings. The first-order chi connectivity index (χ1) is 16.5. The lowest BCUT2D eigenvalue weighted by Gasteiger charge is -2.12. The van der Waals surface area contributed by atoms with E-state index in [1.807, 2.05) is 36.4 Å². The van der Waals surface area contributed by atoms with Gasteiger partial charge in [0.15, 0.2) is 0 Å². The number of rotatable bonds is 6. The standard InChI is InChI=1S/C26H18N4O4/c31-29(32)21-11-5-17(6-12-21)15-19-9-10-20(16-18-7-13-22(14-8-18)30(33)34)26-25(19)27-23-3-1-2-4-24(23)28-26/h1-14H,15-16H2. The van der Waals surface area contributed by atoms with E-state index in [2.05, 4.69) is 0 Å². The number of hydrogen-bond donors (Lipinski definition) is 0. The third-order valence-corrected chi connectivity index (χ3v) is 5.75. The average molecular weight is 450 g/mol. The fourth-order valence-corrected chi connectivity index (χ4v) is 4.00. The molecule has 8 nitrogen and oxygen atoms in total. The second kappa shape index (κ2) is 8.67. The van der Waals surface area contributed by atoms with Gasteiger partial charge in [-0.15, -0.1) is 0 Å². The zero-order valence-electron chi connectivity index (χ0n) is 17.9. The molecule has 0 aliphatic carbocycles. The normalized spacial score (nSPS) is 11.1. The molecule has 1 heterocycles. The van der Waals surface area contributed by atoms with Crippen LogP contribution in [0.5, 0.6) is 0 Å². The Bertz CT molecular complexity index is 1430. The molecule has 0 radical (unpaired) electrons. The van der Waals surface area contributed by atoms with Crippen LogP contribution < -0.4 is 0 Å². The van der Waals surface area contributed by atoms with E-state index in [4.69, 9.17) is 9.97 Å². The minimum atomic E-state index is -0.413. The Morgan fingerprint density at radius 3 is 1.29 bits per heavy atom. The van der Waals surface area contributed by atoms with Gasteiger partial charge in [-0.1, -0.05) is 48.5 Å². The molecule has 0 aliphatic heterocycles. The zero-order valence-corrected chi connectivity index (χ0v) is 17.9. The molecule has 0 aliphatic rings. The molecule has 0 atom stereocenters. The van der Waals surface area contributed by atoms with Crippen LogP contribution in [0.15, 0.2) is 84.9 Å². The summed E-state index contributed by atoms with van der Waals surface area (Å²) in [5, 5.41) is 21.9. The Hall–Kier alpha value is -4.72. The fourth-order valence-electron chi connectivity index (χ4n) is 4.00. The Labute approximate surface area is 193 Å². The van der Waals surface area contributed by atoms with Gasteiger partial charge in [0, 0.05) is 24.3 Å². The van der Waals surface area contributed by atoms with Crippen molar-refractivity contribution in [3.05, 3.63) is 127 Å². The van der Waals surface area contributed by atoms with Crippen molar-refractivity contribution < 1.29 is 9.85 Å². The fraction of sp³-hybridized carbons (Fsp3) is 0.0769. The van der Waals surface area contributed by atoms with Crippen LogP contribution in [0.3, 0.4) is 0 Å². The third kappa shape index (κ3) is 4.16. The van der Waals surface area contributed by atoms with E-state index in [1.165, 1.54) is 24.3 Å². The van der Waals surface area contributed by atoms with E-state index in [1.54, 1.807) is 24.3 Å². The van der Waals surface area contributed by atoms with Crippen LogP contribution in [0.25, 0.3) is 22.1 Å². The van der Waals surface area contributed by atoms with Crippen LogP contribution in [-0.4, -0.2) is 19.8 Å². The molecular formula is C26H18N4O4. The molecule has 4 aromatic carbocycles.